The summed E-state index contributed by atoms with van der Waals surface area (Å²) in [6, 6.07) is 20.7. The maximum atomic E-state index is 5.96. The lowest BCUT2D eigenvalue weighted by Gasteiger charge is -2.20. The molecule has 1 aliphatic carbocycles. The van der Waals surface area contributed by atoms with Gasteiger partial charge in [0.25, 0.3) is 0 Å². The molecule has 2 nitrogen and oxygen atoms in total. The summed E-state index contributed by atoms with van der Waals surface area (Å²) in [5.41, 5.74) is 5.44. The molecule has 1 unspecified atom stereocenters. The predicted octanol–water partition coefficient (Wildman–Crippen LogP) is 7.13. The Labute approximate surface area is 196 Å². The minimum atomic E-state index is 0.341. The van der Waals surface area contributed by atoms with Crippen LogP contribution in [0.25, 0.3) is 17.2 Å². The molecule has 1 N–H and O–H groups in total. The Kier molecular flexibility index (Phi) is 7.10. The van der Waals surface area contributed by atoms with E-state index in [1.165, 1.54) is 24.8 Å². The van der Waals surface area contributed by atoms with Gasteiger partial charge in [0.2, 0.25) is 0 Å². The molecule has 4 rings (SSSR count). The molecule has 1 fully saturated rings. The fourth-order valence-electron chi connectivity index (χ4n) is 3.70. The number of benzene rings is 2. The molecule has 1 saturated carbocycles. The number of halogens is 1. The summed E-state index contributed by atoms with van der Waals surface area (Å²) in [6.45, 7) is 4.51. The molecule has 1 aliphatic rings. The van der Waals surface area contributed by atoms with Crippen molar-refractivity contribution in [1.82, 2.24) is 10.3 Å². The second-order valence-electron chi connectivity index (χ2n) is 8.65. The highest BCUT2D eigenvalue weighted by molar-refractivity contribution is 6.30. The maximum Gasteiger partial charge on any atom is 0.113 e. The molecule has 162 valence electrons. The van der Waals surface area contributed by atoms with Gasteiger partial charge in [-0.25, -0.2) is 4.98 Å². The van der Waals surface area contributed by atoms with E-state index in [0.29, 0.717) is 11.6 Å². The summed E-state index contributed by atoms with van der Waals surface area (Å²) < 4.78 is 0. The zero-order valence-corrected chi connectivity index (χ0v) is 19.5. The topological polar surface area (TPSA) is 24.9 Å². The number of nitrogens with zero attached hydrogens (tertiary/aromatic N) is 1. The average molecular weight is 441 g/mol. The molecule has 0 amide bonds. The van der Waals surface area contributed by atoms with Crippen molar-refractivity contribution in [3.63, 3.8) is 0 Å². The van der Waals surface area contributed by atoms with Gasteiger partial charge in [0.15, 0.2) is 0 Å². The van der Waals surface area contributed by atoms with E-state index in [0.717, 1.165) is 33.8 Å². The molecule has 1 atom stereocenters. The van der Waals surface area contributed by atoms with Gasteiger partial charge in [0.1, 0.15) is 5.69 Å². The molecule has 1 aromatic heterocycles. The molecule has 0 saturated heterocycles. The van der Waals surface area contributed by atoms with Crippen molar-refractivity contribution in [3.8, 4) is 23.0 Å². The van der Waals surface area contributed by atoms with Gasteiger partial charge < -0.3 is 5.32 Å². The van der Waals surface area contributed by atoms with Crippen LogP contribution in [-0.4, -0.2) is 16.6 Å². The Morgan fingerprint density at radius 1 is 1.00 bits per heavy atom. The molecule has 2 aromatic carbocycles. The highest BCUT2D eigenvalue weighted by Crippen LogP contribution is 2.39. The molecular formula is C29H29ClN2. The molecule has 0 aliphatic heterocycles. The highest BCUT2D eigenvalue weighted by atomic mass is 35.5. The minimum Gasteiger partial charge on any atom is -0.308 e. The Balaban J connectivity index is 1.34. The van der Waals surface area contributed by atoms with E-state index in [1.807, 2.05) is 42.6 Å². The summed E-state index contributed by atoms with van der Waals surface area (Å²) in [4.78, 5) is 4.48. The van der Waals surface area contributed by atoms with Gasteiger partial charge in [-0.05, 0) is 80.0 Å². The zero-order chi connectivity index (χ0) is 22.4. The van der Waals surface area contributed by atoms with Gasteiger partial charge >= 0.3 is 0 Å². The van der Waals surface area contributed by atoms with E-state index in [1.54, 1.807) is 0 Å². The van der Waals surface area contributed by atoms with E-state index >= 15 is 0 Å². The summed E-state index contributed by atoms with van der Waals surface area (Å²) in [7, 11) is 0. The predicted molar refractivity (Wildman–Crippen MR) is 136 cm³/mol. The second-order valence-corrected chi connectivity index (χ2v) is 9.09. The minimum absolute atomic E-state index is 0.341. The van der Waals surface area contributed by atoms with Crippen molar-refractivity contribution < 1.29 is 0 Å². The Morgan fingerprint density at radius 2 is 1.72 bits per heavy atom. The number of hydrogen-bond donors (Lipinski definition) is 1. The number of nitrogens with one attached hydrogen (secondary N) is 1. The van der Waals surface area contributed by atoms with Crippen LogP contribution < -0.4 is 5.32 Å². The summed E-state index contributed by atoms with van der Waals surface area (Å²) in [6.07, 6.45) is 11.2. The molecule has 0 bridgehead atoms. The van der Waals surface area contributed by atoms with Gasteiger partial charge in [0.05, 0.1) is 0 Å². The lowest BCUT2D eigenvalue weighted by molar-refractivity contribution is 0.423. The van der Waals surface area contributed by atoms with E-state index < -0.39 is 0 Å². The summed E-state index contributed by atoms with van der Waals surface area (Å²) in [5.74, 6) is 6.36. The molecule has 0 spiro atoms. The lowest BCUT2D eigenvalue weighted by Crippen LogP contribution is -2.37. The number of pyridine rings is 1. The second kappa shape index (κ2) is 10.2. The van der Waals surface area contributed by atoms with Crippen LogP contribution in [-0.2, 0) is 0 Å². The summed E-state index contributed by atoms with van der Waals surface area (Å²) in [5, 5.41) is 4.51. The van der Waals surface area contributed by atoms with Crippen LogP contribution in [0.4, 0.5) is 0 Å². The van der Waals surface area contributed by atoms with Crippen LogP contribution in [0, 0.1) is 11.8 Å². The largest absolute Gasteiger partial charge is 0.308 e. The van der Waals surface area contributed by atoms with E-state index in [2.05, 4.69) is 72.4 Å². The SMILES string of the molecule is CCC(C)NC1(CC=Cc2ccc(C#Cc3ccc(-c4ccc(Cl)cc4)cn3)cc2)CC1. The lowest BCUT2D eigenvalue weighted by atomic mass is 10.1. The Bertz CT molecular complexity index is 1110. The van der Waals surface area contributed by atoms with E-state index in [-0.39, 0.29) is 0 Å². The van der Waals surface area contributed by atoms with Crippen molar-refractivity contribution in [2.24, 2.45) is 0 Å². The number of rotatable bonds is 7. The molecule has 3 aromatic rings. The van der Waals surface area contributed by atoms with Gasteiger partial charge in [-0.1, -0.05) is 66.9 Å². The van der Waals surface area contributed by atoms with Gasteiger partial charge in [0, 0.05) is 33.9 Å². The number of hydrogen-bond acceptors (Lipinski definition) is 2. The maximum absolute atomic E-state index is 5.96. The zero-order valence-electron chi connectivity index (χ0n) is 18.7. The first-order valence-corrected chi connectivity index (χ1v) is 11.7. The monoisotopic (exact) mass is 440 g/mol. The fourth-order valence-corrected chi connectivity index (χ4v) is 3.82. The van der Waals surface area contributed by atoms with Crippen LogP contribution in [0.1, 0.15) is 56.4 Å². The van der Waals surface area contributed by atoms with Crippen molar-refractivity contribution in [3.05, 3.63) is 94.8 Å². The standard InChI is InChI=1S/C29H29ClN2/c1-3-22(2)32-29(19-20-29)18-4-5-23-6-8-24(9-7-23)10-16-28-17-13-26(21-31-28)25-11-14-27(30)15-12-25/h4-9,11-15,17,21-22,32H,3,18-20H2,1-2H3. The molecule has 0 radical (unpaired) electrons. The first-order chi connectivity index (χ1) is 15.5. The van der Waals surface area contributed by atoms with Gasteiger partial charge in [-0.15, -0.1) is 0 Å². The van der Waals surface area contributed by atoms with Crippen LogP contribution >= 0.6 is 11.6 Å². The van der Waals surface area contributed by atoms with E-state index in [9.17, 15) is 0 Å². The Morgan fingerprint density at radius 3 is 2.34 bits per heavy atom. The van der Waals surface area contributed by atoms with Crippen molar-refractivity contribution in [1.29, 1.82) is 0 Å². The molecule has 1 heterocycles. The third-order valence-corrected chi connectivity index (χ3v) is 6.28. The smallest absolute Gasteiger partial charge is 0.113 e. The quantitative estimate of drug-likeness (QED) is 0.395. The average Bonchev–Trinajstić information content (AvgIpc) is 3.58. The fraction of sp³-hybridized carbons (Fsp3) is 0.276. The molecular weight excluding hydrogens is 412 g/mol. The van der Waals surface area contributed by atoms with Crippen LogP contribution in [0.2, 0.25) is 5.02 Å². The van der Waals surface area contributed by atoms with Crippen molar-refractivity contribution >= 4 is 17.7 Å². The van der Waals surface area contributed by atoms with Crippen LogP contribution in [0.3, 0.4) is 0 Å². The van der Waals surface area contributed by atoms with Crippen molar-refractivity contribution in [2.75, 3.05) is 0 Å². The molecule has 32 heavy (non-hydrogen) atoms. The van der Waals surface area contributed by atoms with Gasteiger partial charge in [-0.2, -0.15) is 0 Å². The van der Waals surface area contributed by atoms with Crippen LogP contribution in [0.15, 0.2) is 72.9 Å². The van der Waals surface area contributed by atoms with Crippen molar-refractivity contribution in [2.45, 2.75) is 51.1 Å². The summed E-state index contributed by atoms with van der Waals surface area (Å²) >= 11 is 5.96. The highest BCUT2D eigenvalue weighted by Gasteiger charge is 2.41. The normalized spacial score (nSPS) is 15.2. The number of aromatic nitrogens is 1. The van der Waals surface area contributed by atoms with Crippen LogP contribution in [0.5, 0.6) is 0 Å². The van der Waals surface area contributed by atoms with E-state index in [4.69, 9.17) is 11.6 Å². The van der Waals surface area contributed by atoms with Gasteiger partial charge in [-0.3, -0.25) is 0 Å². The molecule has 3 heteroatoms. The Hall–Kier alpha value is -2.86. The third-order valence-electron chi connectivity index (χ3n) is 6.02. The first-order valence-electron chi connectivity index (χ1n) is 11.3. The third kappa shape index (κ3) is 6.10. The first kappa shape index (κ1) is 22.3.